The Morgan fingerprint density at radius 2 is 2.04 bits per heavy atom. The summed E-state index contributed by atoms with van der Waals surface area (Å²) in [4.78, 5) is 36.6. The lowest BCUT2D eigenvalue weighted by molar-refractivity contribution is -0.139. The molecule has 0 fully saturated rings. The van der Waals surface area contributed by atoms with E-state index in [0.717, 1.165) is 0 Å². The summed E-state index contributed by atoms with van der Waals surface area (Å²) in [5.74, 6) is -3.99. The quantitative estimate of drug-likeness (QED) is 0.689. The number of esters is 1. The largest absolute Gasteiger partial charge is 0.506 e. The van der Waals surface area contributed by atoms with Crippen LogP contribution in [0.2, 0.25) is 0 Å². The number of nitrogens with one attached hydrogen (secondary N) is 1. The Hall–Kier alpha value is -3.35. The number of fused-ring (bicyclic) bond motifs is 1. The van der Waals surface area contributed by atoms with Crippen molar-refractivity contribution in [1.29, 1.82) is 0 Å². The first-order valence-corrected chi connectivity index (χ1v) is 8.09. The highest BCUT2D eigenvalue weighted by molar-refractivity contribution is 6.04. The van der Waals surface area contributed by atoms with Crippen molar-refractivity contribution in [3.8, 4) is 5.75 Å². The van der Waals surface area contributed by atoms with Gasteiger partial charge < -0.3 is 20.3 Å². The zero-order chi connectivity index (χ0) is 23.9. The van der Waals surface area contributed by atoms with Gasteiger partial charge in [0.05, 0.1) is 12.4 Å². The van der Waals surface area contributed by atoms with E-state index in [-0.39, 0.29) is 16.7 Å². The smallest absolute Gasteiger partial charge is 0.342 e. The summed E-state index contributed by atoms with van der Waals surface area (Å²) in [5.41, 5.74) is -0.330. The number of cyclic esters (lactones) is 1. The molecule has 3 N–H and O–H groups in total. The summed E-state index contributed by atoms with van der Waals surface area (Å²) < 4.78 is 43.9. The van der Waals surface area contributed by atoms with Crippen LogP contribution < -0.4 is 5.32 Å². The van der Waals surface area contributed by atoms with Gasteiger partial charge in [-0.1, -0.05) is 36.3 Å². The van der Waals surface area contributed by atoms with E-state index in [1.807, 2.05) is 0 Å². The fourth-order valence-electron chi connectivity index (χ4n) is 2.83. The van der Waals surface area contributed by atoms with Crippen LogP contribution in [-0.4, -0.2) is 40.2 Å². The Bertz CT molecular complexity index is 1120. The van der Waals surface area contributed by atoms with Gasteiger partial charge in [0.15, 0.2) is 0 Å². The molecule has 0 aliphatic carbocycles. The van der Waals surface area contributed by atoms with Gasteiger partial charge in [0, 0.05) is 12.8 Å². The second-order valence-electron chi connectivity index (χ2n) is 6.09. The summed E-state index contributed by atoms with van der Waals surface area (Å²) in [6.07, 6.45) is -0.659. The molecule has 0 bridgehead atoms. The number of ether oxygens (including phenoxy) is 1. The monoisotopic (exact) mass is 374 g/mol. The van der Waals surface area contributed by atoms with Gasteiger partial charge in [-0.05, 0) is 24.1 Å². The molecule has 2 aromatic rings. The van der Waals surface area contributed by atoms with E-state index in [1.54, 1.807) is 6.92 Å². The molecule has 1 heterocycles. The van der Waals surface area contributed by atoms with Gasteiger partial charge >= 0.3 is 11.9 Å². The lowest BCUT2D eigenvalue weighted by Gasteiger charge is -2.23. The molecule has 27 heavy (non-hydrogen) atoms. The standard InChI is InChI=1S/C20H19NO6/c1-11-9-13-7-8-14(17(22)16(13)20(26)27-11)18(23)21-15(19(24)25)10-12-5-3-2-4-6-12/h2-8,11,15,22H,9-10H2,1H3,(H,21,23)(H,24,25)/t11-,15+/m0/s1/i2D,3D,4D,5D,6D. The molecule has 1 aliphatic heterocycles. The Balaban J connectivity index is 1.92. The number of phenolic OH excluding ortho intramolecular Hbond substituents is 1. The Morgan fingerprint density at radius 1 is 1.33 bits per heavy atom. The molecule has 0 radical (unpaired) electrons. The molecular weight excluding hydrogens is 350 g/mol. The molecule has 1 amide bonds. The maximum absolute atomic E-state index is 12.7. The third kappa shape index (κ3) is 3.92. The predicted octanol–water partition coefficient (Wildman–Crippen LogP) is 1.92. The van der Waals surface area contributed by atoms with Crippen molar-refractivity contribution in [2.45, 2.75) is 31.9 Å². The molecule has 3 rings (SSSR count). The normalized spacial score (nSPS) is 19.4. The van der Waals surface area contributed by atoms with Crippen molar-refractivity contribution < 1.29 is 36.2 Å². The minimum absolute atomic E-state index is 0.173. The summed E-state index contributed by atoms with van der Waals surface area (Å²) in [6, 6.07) is -2.00. The summed E-state index contributed by atoms with van der Waals surface area (Å²) in [6.45, 7) is 1.68. The third-order valence-corrected chi connectivity index (χ3v) is 4.09. The minimum atomic E-state index is -1.67. The summed E-state index contributed by atoms with van der Waals surface area (Å²) in [7, 11) is 0. The van der Waals surface area contributed by atoms with E-state index in [2.05, 4.69) is 5.32 Å². The van der Waals surface area contributed by atoms with Gasteiger partial charge in [-0.25, -0.2) is 9.59 Å². The summed E-state index contributed by atoms with van der Waals surface area (Å²) in [5, 5.41) is 22.2. The first-order valence-electron chi connectivity index (χ1n) is 10.6. The first-order chi connectivity index (χ1) is 14.9. The molecule has 2 aromatic carbocycles. The number of carbonyl (C=O) groups is 3. The van der Waals surface area contributed by atoms with E-state index in [4.69, 9.17) is 11.6 Å². The van der Waals surface area contributed by atoms with Crippen LogP contribution in [0.5, 0.6) is 5.75 Å². The Labute approximate surface area is 162 Å². The number of carbonyl (C=O) groups excluding carboxylic acids is 2. The number of carboxylic acids is 1. The van der Waals surface area contributed by atoms with Crippen molar-refractivity contribution in [2.75, 3.05) is 0 Å². The van der Waals surface area contributed by atoms with Crippen molar-refractivity contribution in [3.05, 3.63) is 64.6 Å². The SMILES string of the molecule is [2H]c1c([2H])c([2H])c(C[C@@H](NC(=O)c2ccc3c(c2O)C(=O)O[C@@H](C)C3)C(=O)O)c([2H])c1[2H]. The van der Waals surface area contributed by atoms with Crippen LogP contribution in [0.1, 0.15) is 45.6 Å². The number of phenols is 1. The van der Waals surface area contributed by atoms with Crippen LogP contribution in [0.4, 0.5) is 0 Å². The van der Waals surface area contributed by atoms with Crippen LogP contribution in [0.15, 0.2) is 42.3 Å². The van der Waals surface area contributed by atoms with Gasteiger partial charge in [0.1, 0.15) is 23.5 Å². The lowest BCUT2D eigenvalue weighted by Crippen LogP contribution is -2.42. The fraction of sp³-hybridized carbons (Fsp3) is 0.250. The van der Waals surface area contributed by atoms with E-state index in [1.165, 1.54) is 12.1 Å². The molecule has 0 unspecified atom stereocenters. The molecule has 2 atom stereocenters. The van der Waals surface area contributed by atoms with Gasteiger partial charge in [0.2, 0.25) is 0 Å². The van der Waals surface area contributed by atoms with Gasteiger partial charge in [-0.2, -0.15) is 0 Å². The van der Waals surface area contributed by atoms with Crippen LogP contribution >= 0.6 is 0 Å². The molecule has 140 valence electrons. The first kappa shape index (κ1) is 12.9. The van der Waals surface area contributed by atoms with Gasteiger partial charge in [-0.3, -0.25) is 4.79 Å². The van der Waals surface area contributed by atoms with E-state index in [9.17, 15) is 24.6 Å². The number of aromatic hydroxyl groups is 1. The topological polar surface area (TPSA) is 113 Å². The molecule has 0 aromatic heterocycles. The molecule has 1 aliphatic rings. The molecular formula is C20H19NO6. The van der Waals surface area contributed by atoms with Crippen LogP contribution in [0.25, 0.3) is 0 Å². The Morgan fingerprint density at radius 3 is 2.70 bits per heavy atom. The van der Waals surface area contributed by atoms with E-state index >= 15 is 0 Å². The molecule has 0 saturated heterocycles. The van der Waals surface area contributed by atoms with E-state index in [0.29, 0.717) is 12.0 Å². The second kappa shape index (κ2) is 7.49. The van der Waals surface area contributed by atoms with Crippen LogP contribution in [0, 0.1) is 0 Å². The molecule has 7 nitrogen and oxygen atoms in total. The van der Waals surface area contributed by atoms with Crippen LogP contribution in [0.3, 0.4) is 0 Å². The average molecular weight is 374 g/mol. The zero-order valence-corrected chi connectivity index (χ0v) is 14.3. The maximum atomic E-state index is 12.7. The fourth-order valence-corrected chi connectivity index (χ4v) is 2.83. The summed E-state index contributed by atoms with van der Waals surface area (Å²) >= 11 is 0. The molecule has 0 saturated carbocycles. The highest BCUT2D eigenvalue weighted by Gasteiger charge is 2.30. The molecule has 0 spiro atoms. The van der Waals surface area contributed by atoms with Crippen molar-refractivity contribution in [2.24, 2.45) is 0 Å². The zero-order valence-electron chi connectivity index (χ0n) is 19.3. The maximum Gasteiger partial charge on any atom is 0.342 e. The second-order valence-corrected chi connectivity index (χ2v) is 6.09. The number of hydrogen-bond acceptors (Lipinski definition) is 5. The van der Waals surface area contributed by atoms with Crippen LogP contribution in [-0.2, 0) is 22.4 Å². The van der Waals surface area contributed by atoms with Crippen molar-refractivity contribution in [1.82, 2.24) is 5.32 Å². The highest BCUT2D eigenvalue weighted by atomic mass is 16.5. The number of rotatable bonds is 5. The predicted molar refractivity (Wildman–Crippen MR) is 95.7 cm³/mol. The lowest BCUT2D eigenvalue weighted by atomic mass is 9.95. The average Bonchev–Trinajstić information content (AvgIpc) is 2.72. The molecule has 7 heteroatoms. The minimum Gasteiger partial charge on any atom is -0.506 e. The number of hydrogen-bond donors (Lipinski definition) is 3. The van der Waals surface area contributed by atoms with Crippen molar-refractivity contribution in [3.63, 3.8) is 0 Å². The van der Waals surface area contributed by atoms with Gasteiger partial charge in [0.25, 0.3) is 5.91 Å². The van der Waals surface area contributed by atoms with Crippen molar-refractivity contribution >= 4 is 17.8 Å². The number of amides is 1. The number of benzene rings is 2. The van der Waals surface area contributed by atoms with E-state index < -0.39 is 72.4 Å². The third-order valence-electron chi connectivity index (χ3n) is 4.09. The Kier molecular flexibility index (Phi) is 3.58. The number of aliphatic carboxylic acids is 1. The number of carboxylic acid groups (broad SMARTS) is 1. The highest BCUT2D eigenvalue weighted by Crippen LogP contribution is 2.31. The van der Waals surface area contributed by atoms with Gasteiger partial charge in [-0.15, -0.1) is 0 Å².